The van der Waals surface area contributed by atoms with Crippen LogP contribution in [0.25, 0.3) is 22.3 Å². The van der Waals surface area contributed by atoms with Crippen LogP contribution in [0.15, 0.2) is 109 Å². The Balaban J connectivity index is 0.000000206. The summed E-state index contributed by atoms with van der Waals surface area (Å²) in [5, 5.41) is 0. The minimum atomic E-state index is 1.26. The van der Waals surface area contributed by atoms with E-state index in [-0.39, 0.29) is 0 Å². The third-order valence-corrected chi connectivity index (χ3v) is 4.27. The third-order valence-electron chi connectivity index (χ3n) is 4.27. The van der Waals surface area contributed by atoms with E-state index >= 15 is 0 Å². The molecule has 0 saturated heterocycles. The molecule has 128 valence electrons. The molecule has 0 radical (unpaired) electrons. The van der Waals surface area contributed by atoms with Crippen molar-refractivity contribution in [2.45, 2.75) is 13.8 Å². The van der Waals surface area contributed by atoms with Crippen molar-refractivity contribution in [3.05, 3.63) is 120 Å². The molecule has 0 atom stereocenters. The normalized spacial score (nSPS) is 9.92. The van der Waals surface area contributed by atoms with Gasteiger partial charge in [0.05, 0.1) is 0 Å². The van der Waals surface area contributed by atoms with Crippen LogP contribution in [0.5, 0.6) is 0 Å². The van der Waals surface area contributed by atoms with E-state index in [1.165, 1.54) is 33.4 Å². The average molecular weight is 336 g/mol. The highest BCUT2D eigenvalue weighted by molar-refractivity contribution is 5.70. The molecule has 0 bridgehead atoms. The van der Waals surface area contributed by atoms with E-state index in [0.29, 0.717) is 0 Å². The first kappa shape index (κ1) is 17.7. The Bertz CT molecular complexity index is 845. The molecule has 0 saturated carbocycles. The summed E-state index contributed by atoms with van der Waals surface area (Å²) in [5.41, 5.74) is 7.72. The fourth-order valence-electron chi connectivity index (χ4n) is 2.92. The standard InChI is InChI=1S/C18H14.C8H10/c1-3-7-15(8-4-1)17-11-13-18(14-12-17)16-9-5-2-6-10-16;1-7-4-3-5-8(2)6-7/h1-14H;3-6H,1-2H3. The predicted octanol–water partition coefficient (Wildman–Crippen LogP) is 7.32. The molecule has 4 aromatic carbocycles. The zero-order valence-electron chi connectivity index (χ0n) is 15.4. The largest absolute Gasteiger partial charge is 0.0622 e. The van der Waals surface area contributed by atoms with Crippen molar-refractivity contribution in [2.24, 2.45) is 0 Å². The van der Waals surface area contributed by atoms with Crippen LogP contribution < -0.4 is 0 Å². The Morgan fingerprint density at radius 1 is 0.346 bits per heavy atom. The number of benzene rings is 4. The van der Waals surface area contributed by atoms with Gasteiger partial charge in [0.1, 0.15) is 0 Å². The average Bonchev–Trinajstić information content (AvgIpc) is 2.70. The summed E-state index contributed by atoms with van der Waals surface area (Å²) in [6, 6.07) is 38.1. The molecule has 0 aliphatic rings. The van der Waals surface area contributed by atoms with Crippen molar-refractivity contribution in [3.8, 4) is 22.3 Å². The van der Waals surface area contributed by atoms with Crippen molar-refractivity contribution in [1.29, 1.82) is 0 Å². The lowest BCUT2D eigenvalue weighted by atomic mass is 10.0. The molecule has 0 nitrogen and oxygen atoms in total. The molecule has 4 aromatic rings. The lowest BCUT2D eigenvalue weighted by Crippen LogP contribution is -1.79. The van der Waals surface area contributed by atoms with Crippen LogP contribution in [0.3, 0.4) is 0 Å². The topological polar surface area (TPSA) is 0 Å². The maximum absolute atomic E-state index is 2.18. The highest BCUT2D eigenvalue weighted by Crippen LogP contribution is 2.24. The molecule has 0 aliphatic carbocycles. The first-order valence-electron chi connectivity index (χ1n) is 8.96. The molecule has 0 fully saturated rings. The second-order valence-corrected chi connectivity index (χ2v) is 6.47. The molecule has 26 heavy (non-hydrogen) atoms. The van der Waals surface area contributed by atoms with E-state index in [1.807, 2.05) is 12.1 Å². The van der Waals surface area contributed by atoms with Gasteiger partial charge in [-0.25, -0.2) is 0 Å². The van der Waals surface area contributed by atoms with Crippen LogP contribution >= 0.6 is 0 Å². The number of rotatable bonds is 2. The first-order valence-corrected chi connectivity index (χ1v) is 8.96. The summed E-state index contributed by atoms with van der Waals surface area (Å²) in [6.45, 7) is 4.21. The van der Waals surface area contributed by atoms with Crippen molar-refractivity contribution >= 4 is 0 Å². The van der Waals surface area contributed by atoms with Gasteiger partial charge in [0, 0.05) is 0 Å². The molecule has 0 unspecified atom stereocenters. The van der Waals surface area contributed by atoms with Gasteiger partial charge in [-0.15, -0.1) is 0 Å². The van der Waals surface area contributed by atoms with E-state index < -0.39 is 0 Å². The van der Waals surface area contributed by atoms with Gasteiger partial charge in [-0.2, -0.15) is 0 Å². The minimum absolute atomic E-state index is 1.26. The maximum atomic E-state index is 2.18. The van der Waals surface area contributed by atoms with Gasteiger partial charge >= 0.3 is 0 Å². The Labute approximate surface area is 156 Å². The lowest BCUT2D eigenvalue weighted by molar-refractivity contribution is 1.39. The fraction of sp³-hybridized carbons (Fsp3) is 0.0769. The second kappa shape index (κ2) is 8.82. The van der Waals surface area contributed by atoms with Gasteiger partial charge in [0.25, 0.3) is 0 Å². The Hall–Kier alpha value is -3.12. The number of hydrogen-bond acceptors (Lipinski definition) is 0. The summed E-state index contributed by atoms with van der Waals surface area (Å²) in [7, 11) is 0. The summed E-state index contributed by atoms with van der Waals surface area (Å²) < 4.78 is 0. The third kappa shape index (κ3) is 4.94. The SMILES string of the molecule is Cc1cccc(C)c1.c1ccc(-c2ccc(-c3ccccc3)cc2)cc1. The van der Waals surface area contributed by atoms with Crippen molar-refractivity contribution in [2.75, 3.05) is 0 Å². The second-order valence-electron chi connectivity index (χ2n) is 6.47. The molecule has 0 spiro atoms. The van der Waals surface area contributed by atoms with Crippen LogP contribution in [0.2, 0.25) is 0 Å². The highest BCUT2D eigenvalue weighted by atomic mass is 14.0. The van der Waals surface area contributed by atoms with Crippen LogP contribution in [0, 0.1) is 13.8 Å². The zero-order chi connectivity index (χ0) is 18.2. The molecular weight excluding hydrogens is 312 g/mol. The molecule has 0 N–H and O–H groups in total. The number of aryl methyl sites for hydroxylation is 2. The molecule has 4 rings (SSSR count). The van der Waals surface area contributed by atoms with Crippen molar-refractivity contribution in [3.63, 3.8) is 0 Å². The molecular formula is C26H24. The van der Waals surface area contributed by atoms with Gasteiger partial charge in [0.2, 0.25) is 0 Å². The van der Waals surface area contributed by atoms with Crippen molar-refractivity contribution in [1.82, 2.24) is 0 Å². The minimum Gasteiger partial charge on any atom is -0.0622 e. The smallest absolute Gasteiger partial charge is 0.0184 e. The molecule has 0 aliphatic heterocycles. The Morgan fingerprint density at radius 3 is 1.00 bits per heavy atom. The molecule has 0 aromatic heterocycles. The van der Waals surface area contributed by atoms with Crippen LogP contribution in [0.1, 0.15) is 11.1 Å². The molecule has 0 heteroatoms. The van der Waals surface area contributed by atoms with Gasteiger partial charge in [0.15, 0.2) is 0 Å². The Kier molecular flexibility index (Phi) is 6.01. The monoisotopic (exact) mass is 336 g/mol. The summed E-state index contributed by atoms with van der Waals surface area (Å²) in [6.07, 6.45) is 0. The summed E-state index contributed by atoms with van der Waals surface area (Å²) in [5.74, 6) is 0. The van der Waals surface area contributed by atoms with Gasteiger partial charge in [-0.1, -0.05) is 120 Å². The predicted molar refractivity (Wildman–Crippen MR) is 113 cm³/mol. The molecule has 0 amide bonds. The summed E-state index contributed by atoms with van der Waals surface area (Å²) >= 11 is 0. The Morgan fingerprint density at radius 2 is 0.692 bits per heavy atom. The fourth-order valence-corrected chi connectivity index (χ4v) is 2.92. The maximum Gasteiger partial charge on any atom is -0.0184 e. The van der Waals surface area contributed by atoms with E-state index in [9.17, 15) is 0 Å². The van der Waals surface area contributed by atoms with Gasteiger partial charge in [-0.3, -0.25) is 0 Å². The summed E-state index contributed by atoms with van der Waals surface area (Å²) in [4.78, 5) is 0. The van der Waals surface area contributed by atoms with E-state index in [2.05, 4.69) is 111 Å². The van der Waals surface area contributed by atoms with E-state index in [1.54, 1.807) is 0 Å². The van der Waals surface area contributed by atoms with Gasteiger partial charge in [-0.05, 0) is 36.1 Å². The first-order chi connectivity index (χ1) is 12.7. The highest BCUT2D eigenvalue weighted by Gasteiger charge is 1.98. The van der Waals surface area contributed by atoms with Gasteiger partial charge < -0.3 is 0 Å². The van der Waals surface area contributed by atoms with Crippen LogP contribution in [-0.4, -0.2) is 0 Å². The zero-order valence-corrected chi connectivity index (χ0v) is 15.4. The molecule has 0 heterocycles. The van der Waals surface area contributed by atoms with Crippen molar-refractivity contribution < 1.29 is 0 Å². The van der Waals surface area contributed by atoms with Crippen LogP contribution in [0.4, 0.5) is 0 Å². The van der Waals surface area contributed by atoms with Crippen LogP contribution in [-0.2, 0) is 0 Å². The number of hydrogen-bond donors (Lipinski definition) is 0. The van der Waals surface area contributed by atoms with E-state index in [0.717, 1.165) is 0 Å². The quantitative estimate of drug-likeness (QED) is 0.359. The lowest BCUT2D eigenvalue weighted by Gasteiger charge is -2.04. The van der Waals surface area contributed by atoms with E-state index in [4.69, 9.17) is 0 Å².